The minimum absolute atomic E-state index is 0.000758. The average Bonchev–Trinajstić information content (AvgIpc) is 3.42. The minimum atomic E-state index is -0.119. The summed E-state index contributed by atoms with van der Waals surface area (Å²) in [6.07, 6.45) is 2.51. The van der Waals surface area contributed by atoms with Gasteiger partial charge in [-0.3, -0.25) is 4.90 Å². The van der Waals surface area contributed by atoms with E-state index in [0.29, 0.717) is 37.2 Å². The van der Waals surface area contributed by atoms with Gasteiger partial charge in [0.15, 0.2) is 5.76 Å². The van der Waals surface area contributed by atoms with E-state index >= 15 is 0 Å². The van der Waals surface area contributed by atoms with Crippen molar-refractivity contribution in [3.8, 4) is 17.1 Å². The topological polar surface area (TPSA) is 88.9 Å². The molecule has 3 aromatic rings. The summed E-state index contributed by atoms with van der Waals surface area (Å²) in [6.45, 7) is 7.85. The average molecular weight is 451 g/mol. The number of urea groups is 1. The molecule has 8 heteroatoms. The van der Waals surface area contributed by atoms with Gasteiger partial charge in [0, 0.05) is 43.2 Å². The van der Waals surface area contributed by atoms with Gasteiger partial charge in [-0.25, -0.2) is 9.78 Å². The lowest BCUT2D eigenvalue weighted by atomic mass is 10.1. The highest BCUT2D eigenvalue weighted by Crippen LogP contribution is 2.33. The van der Waals surface area contributed by atoms with Gasteiger partial charge in [0.05, 0.1) is 18.9 Å². The Morgan fingerprint density at radius 2 is 2.09 bits per heavy atom. The molecule has 174 valence electrons. The molecule has 0 bridgehead atoms. The van der Waals surface area contributed by atoms with Crippen molar-refractivity contribution >= 4 is 23.4 Å². The Balaban J connectivity index is 1.60. The lowest BCUT2D eigenvalue weighted by Crippen LogP contribution is -2.27. The Bertz CT molecular complexity index is 1130. The number of hydrogen-bond acceptors (Lipinski definition) is 6. The SMILES string of the molecule is COCCc1ccc(C)c(Nc2ncc(-c3cc(OC(C)C)cc(N4CCNC4=O)c3)o2)c1. The third-order valence-corrected chi connectivity index (χ3v) is 5.36. The number of aryl methyl sites for hydroxylation is 1. The van der Waals surface area contributed by atoms with E-state index in [2.05, 4.69) is 33.8 Å². The van der Waals surface area contributed by atoms with Crippen LogP contribution in [0.25, 0.3) is 11.3 Å². The van der Waals surface area contributed by atoms with Gasteiger partial charge in [0.25, 0.3) is 6.01 Å². The molecule has 8 nitrogen and oxygen atoms in total. The van der Waals surface area contributed by atoms with Crippen LogP contribution in [-0.4, -0.2) is 43.9 Å². The van der Waals surface area contributed by atoms with Gasteiger partial charge >= 0.3 is 6.03 Å². The monoisotopic (exact) mass is 450 g/mol. The molecule has 2 N–H and O–H groups in total. The number of aromatic nitrogens is 1. The Hall–Kier alpha value is -3.52. The van der Waals surface area contributed by atoms with Crippen molar-refractivity contribution in [2.45, 2.75) is 33.3 Å². The van der Waals surface area contributed by atoms with Crippen LogP contribution < -0.4 is 20.3 Å². The molecule has 1 aliphatic rings. The van der Waals surface area contributed by atoms with Crippen LogP contribution in [0.2, 0.25) is 0 Å². The zero-order valence-electron chi connectivity index (χ0n) is 19.5. The number of carbonyl (C=O) groups excluding carboxylic acids is 1. The summed E-state index contributed by atoms with van der Waals surface area (Å²) in [5, 5.41) is 6.11. The third kappa shape index (κ3) is 5.46. The van der Waals surface area contributed by atoms with Crippen molar-refractivity contribution in [3.63, 3.8) is 0 Å². The minimum Gasteiger partial charge on any atom is -0.491 e. The van der Waals surface area contributed by atoms with Gasteiger partial charge in [-0.1, -0.05) is 12.1 Å². The van der Waals surface area contributed by atoms with Gasteiger partial charge < -0.3 is 24.5 Å². The zero-order chi connectivity index (χ0) is 23.4. The van der Waals surface area contributed by atoms with E-state index in [4.69, 9.17) is 13.9 Å². The van der Waals surface area contributed by atoms with E-state index in [0.717, 1.165) is 28.9 Å². The van der Waals surface area contributed by atoms with Gasteiger partial charge in [0.2, 0.25) is 0 Å². The predicted octanol–water partition coefficient (Wildman–Crippen LogP) is 4.90. The molecular weight excluding hydrogens is 420 g/mol. The molecule has 1 aromatic heterocycles. The first kappa shape index (κ1) is 22.7. The molecule has 1 aliphatic heterocycles. The Labute approximate surface area is 193 Å². The second-order valence-electron chi connectivity index (χ2n) is 8.31. The van der Waals surface area contributed by atoms with Crippen LogP contribution in [0.3, 0.4) is 0 Å². The maximum absolute atomic E-state index is 12.2. The number of nitrogens with one attached hydrogen (secondary N) is 2. The van der Waals surface area contributed by atoms with Crippen molar-refractivity contribution < 1.29 is 18.7 Å². The second kappa shape index (κ2) is 9.95. The molecule has 1 fully saturated rings. The van der Waals surface area contributed by atoms with Crippen LogP contribution in [0.4, 0.5) is 22.2 Å². The van der Waals surface area contributed by atoms with Gasteiger partial charge in [-0.15, -0.1) is 0 Å². The fourth-order valence-corrected chi connectivity index (χ4v) is 3.70. The number of benzene rings is 2. The zero-order valence-corrected chi connectivity index (χ0v) is 19.5. The molecule has 1 saturated heterocycles. The van der Waals surface area contributed by atoms with Crippen molar-refractivity contribution in [2.75, 3.05) is 37.0 Å². The molecule has 0 spiro atoms. The molecule has 0 atom stereocenters. The number of ether oxygens (including phenoxy) is 2. The van der Waals surface area contributed by atoms with Crippen LogP contribution in [0.15, 0.2) is 47.0 Å². The molecule has 0 saturated carbocycles. The van der Waals surface area contributed by atoms with Crippen molar-refractivity contribution in [2.24, 2.45) is 0 Å². The number of hydrogen-bond donors (Lipinski definition) is 2. The summed E-state index contributed by atoms with van der Waals surface area (Å²) in [5.74, 6) is 1.26. The van der Waals surface area contributed by atoms with E-state index in [1.165, 1.54) is 5.56 Å². The summed E-state index contributed by atoms with van der Waals surface area (Å²) in [6, 6.07) is 12.2. The maximum Gasteiger partial charge on any atom is 0.321 e. The van der Waals surface area contributed by atoms with E-state index in [9.17, 15) is 4.79 Å². The first-order valence-electron chi connectivity index (χ1n) is 11.1. The van der Waals surface area contributed by atoms with E-state index in [1.54, 1.807) is 18.2 Å². The molecule has 0 unspecified atom stereocenters. The number of anilines is 3. The Morgan fingerprint density at radius 1 is 1.24 bits per heavy atom. The van der Waals surface area contributed by atoms with Gasteiger partial charge in [-0.2, -0.15) is 0 Å². The van der Waals surface area contributed by atoms with Crippen LogP contribution in [0.1, 0.15) is 25.0 Å². The standard InChI is InChI=1S/C25H30N4O4/c1-16(2)32-21-13-19(12-20(14-21)29-9-8-26-25(29)30)23-15-27-24(33-23)28-22-11-18(7-10-31-4)6-5-17(22)3/h5-6,11-16H,7-10H2,1-4H3,(H,26,30)(H,27,28). The summed E-state index contributed by atoms with van der Waals surface area (Å²) < 4.78 is 17.1. The van der Waals surface area contributed by atoms with Crippen LogP contribution in [0.5, 0.6) is 5.75 Å². The lowest BCUT2D eigenvalue weighted by molar-refractivity contribution is 0.202. The van der Waals surface area contributed by atoms with Crippen molar-refractivity contribution in [3.05, 3.63) is 53.7 Å². The summed E-state index contributed by atoms with van der Waals surface area (Å²) >= 11 is 0. The van der Waals surface area contributed by atoms with Crippen molar-refractivity contribution in [1.29, 1.82) is 0 Å². The molecule has 2 aromatic carbocycles. The largest absolute Gasteiger partial charge is 0.491 e. The second-order valence-corrected chi connectivity index (χ2v) is 8.31. The highest BCUT2D eigenvalue weighted by atomic mass is 16.5. The highest BCUT2D eigenvalue weighted by molar-refractivity contribution is 5.95. The van der Waals surface area contributed by atoms with Gasteiger partial charge in [0.1, 0.15) is 5.75 Å². The molecule has 0 aliphatic carbocycles. The number of amides is 2. The van der Waals surface area contributed by atoms with Gasteiger partial charge in [-0.05, 0) is 56.5 Å². The van der Waals surface area contributed by atoms with Crippen LogP contribution in [0, 0.1) is 6.92 Å². The molecule has 2 heterocycles. The Kier molecular flexibility index (Phi) is 6.84. The summed E-state index contributed by atoms with van der Waals surface area (Å²) in [4.78, 5) is 18.3. The first-order chi connectivity index (χ1) is 15.9. The fraction of sp³-hybridized carbons (Fsp3) is 0.360. The normalized spacial score (nSPS) is 13.5. The van der Waals surface area contributed by atoms with Crippen LogP contribution >= 0.6 is 0 Å². The van der Waals surface area contributed by atoms with Crippen LogP contribution in [-0.2, 0) is 11.2 Å². The Morgan fingerprint density at radius 3 is 2.82 bits per heavy atom. The number of carbonyl (C=O) groups is 1. The summed E-state index contributed by atoms with van der Waals surface area (Å²) in [5.41, 5.74) is 4.73. The number of rotatable bonds is 9. The predicted molar refractivity (Wildman–Crippen MR) is 128 cm³/mol. The molecular formula is C25H30N4O4. The van der Waals surface area contributed by atoms with E-state index < -0.39 is 0 Å². The van der Waals surface area contributed by atoms with E-state index in [1.807, 2.05) is 39.0 Å². The summed E-state index contributed by atoms with van der Waals surface area (Å²) in [7, 11) is 1.70. The molecule has 0 radical (unpaired) electrons. The quantitative estimate of drug-likeness (QED) is 0.482. The molecule has 2 amide bonds. The molecule has 4 rings (SSSR count). The van der Waals surface area contributed by atoms with Crippen molar-refractivity contribution in [1.82, 2.24) is 10.3 Å². The van der Waals surface area contributed by atoms with E-state index in [-0.39, 0.29) is 12.1 Å². The first-order valence-corrected chi connectivity index (χ1v) is 11.1. The fourth-order valence-electron chi connectivity index (χ4n) is 3.70. The smallest absolute Gasteiger partial charge is 0.321 e. The number of methoxy groups -OCH3 is 1. The number of oxazole rings is 1. The number of nitrogens with zero attached hydrogens (tertiary/aromatic N) is 2. The third-order valence-electron chi connectivity index (χ3n) is 5.36. The highest BCUT2D eigenvalue weighted by Gasteiger charge is 2.23. The molecule has 33 heavy (non-hydrogen) atoms. The lowest BCUT2D eigenvalue weighted by Gasteiger charge is -2.18. The maximum atomic E-state index is 12.2.